The average Bonchev–Trinajstić information content (AvgIpc) is 3.01. The predicted molar refractivity (Wildman–Crippen MR) is 125 cm³/mol. The maximum Gasteiger partial charge on any atom is 0.230 e. The highest BCUT2D eigenvalue weighted by Gasteiger charge is 2.33. The summed E-state index contributed by atoms with van der Waals surface area (Å²) < 4.78 is 11.4. The highest BCUT2D eigenvalue weighted by atomic mass is 16.5. The molecule has 1 saturated heterocycles. The van der Waals surface area contributed by atoms with E-state index in [0.717, 1.165) is 81.1 Å². The van der Waals surface area contributed by atoms with Gasteiger partial charge in [-0.05, 0) is 75.1 Å². The van der Waals surface area contributed by atoms with E-state index >= 15 is 0 Å². The lowest BCUT2D eigenvalue weighted by Crippen LogP contribution is -2.38. The van der Waals surface area contributed by atoms with E-state index in [1.54, 1.807) is 6.20 Å². The Labute approximate surface area is 190 Å². The summed E-state index contributed by atoms with van der Waals surface area (Å²) in [5.74, 6) is 1.59. The van der Waals surface area contributed by atoms with Crippen LogP contribution in [0.3, 0.4) is 0 Å². The van der Waals surface area contributed by atoms with Crippen molar-refractivity contribution in [3.05, 3.63) is 47.7 Å². The molecule has 1 saturated carbocycles. The normalized spacial score (nSPS) is 23.6. The van der Waals surface area contributed by atoms with Crippen LogP contribution >= 0.6 is 0 Å². The lowest BCUT2D eigenvalue weighted by Gasteiger charge is -2.32. The van der Waals surface area contributed by atoms with Crippen LogP contribution in [0.15, 0.2) is 36.5 Å². The summed E-state index contributed by atoms with van der Waals surface area (Å²) in [6.07, 6.45) is 7.87. The van der Waals surface area contributed by atoms with Crippen molar-refractivity contribution in [2.45, 2.75) is 64.0 Å². The van der Waals surface area contributed by atoms with Gasteiger partial charge in [-0.1, -0.05) is 12.1 Å². The monoisotopic (exact) mass is 435 g/mol. The molecule has 1 aliphatic carbocycles. The van der Waals surface area contributed by atoms with Crippen molar-refractivity contribution in [3.63, 3.8) is 0 Å². The number of ether oxygens (including phenoxy) is 2. The molecule has 2 fully saturated rings. The van der Waals surface area contributed by atoms with Gasteiger partial charge in [0.1, 0.15) is 5.82 Å². The molecule has 0 atom stereocenters. The number of anilines is 3. The van der Waals surface area contributed by atoms with Gasteiger partial charge < -0.3 is 19.7 Å². The van der Waals surface area contributed by atoms with E-state index in [2.05, 4.69) is 34.6 Å². The number of hydrogen-bond donors (Lipinski definition) is 1. The van der Waals surface area contributed by atoms with Gasteiger partial charge in [-0.15, -0.1) is 0 Å². The number of amides is 1. The lowest BCUT2D eigenvalue weighted by molar-refractivity contribution is -0.124. The van der Waals surface area contributed by atoms with E-state index < -0.39 is 0 Å². The quantitative estimate of drug-likeness (QED) is 0.719. The maximum absolute atomic E-state index is 13.8. The second-order valence-corrected chi connectivity index (χ2v) is 9.15. The van der Waals surface area contributed by atoms with Crippen molar-refractivity contribution >= 4 is 23.1 Å². The number of fused-ring (bicyclic) bond motifs is 2. The molecule has 2 aromatic rings. The van der Waals surface area contributed by atoms with Crippen molar-refractivity contribution in [1.29, 1.82) is 0 Å². The number of hydrogen-bond acceptors (Lipinski definition) is 5. The molecule has 1 amide bonds. The van der Waals surface area contributed by atoms with Crippen LogP contribution in [-0.4, -0.2) is 36.8 Å². The Morgan fingerprint density at radius 2 is 1.97 bits per heavy atom. The van der Waals surface area contributed by atoms with E-state index in [0.29, 0.717) is 18.6 Å². The summed E-state index contributed by atoms with van der Waals surface area (Å²) in [6.45, 7) is 4.94. The smallest absolute Gasteiger partial charge is 0.230 e. The summed E-state index contributed by atoms with van der Waals surface area (Å²) >= 11 is 0. The van der Waals surface area contributed by atoms with Crippen molar-refractivity contribution in [2.75, 3.05) is 30.0 Å². The van der Waals surface area contributed by atoms with Gasteiger partial charge in [-0.3, -0.25) is 4.79 Å². The Morgan fingerprint density at radius 1 is 1.16 bits per heavy atom. The number of nitrogens with zero attached hydrogens (tertiary/aromatic N) is 2. The van der Waals surface area contributed by atoms with Crippen LogP contribution in [0.25, 0.3) is 0 Å². The molecule has 5 rings (SSSR count). The molecule has 6 heteroatoms. The molecule has 0 bridgehead atoms. The molecule has 1 N–H and O–H groups in total. The Morgan fingerprint density at radius 3 is 2.75 bits per heavy atom. The molecule has 3 aliphatic rings. The van der Waals surface area contributed by atoms with Crippen LogP contribution in [0.4, 0.5) is 17.2 Å². The molecular weight excluding hydrogens is 402 g/mol. The van der Waals surface area contributed by atoms with Gasteiger partial charge in [0, 0.05) is 37.5 Å². The number of carbonyl (C=O) groups is 1. The first-order valence-corrected chi connectivity index (χ1v) is 12.1. The van der Waals surface area contributed by atoms with Gasteiger partial charge in [-0.2, -0.15) is 0 Å². The second-order valence-electron chi connectivity index (χ2n) is 9.15. The SMILES string of the molecule is CCOC1CCC(C(=O)N2Cc3cccnc3Nc3ccc(C4CCOCC4)cc32)CC1. The van der Waals surface area contributed by atoms with Crippen molar-refractivity contribution in [3.8, 4) is 0 Å². The summed E-state index contributed by atoms with van der Waals surface area (Å²) in [5.41, 5.74) is 4.27. The van der Waals surface area contributed by atoms with E-state index in [9.17, 15) is 4.79 Å². The number of aromatic nitrogens is 1. The first kappa shape index (κ1) is 21.4. The zero-order chi connectivity index (χ0) is 21.9. The summed E-state index contributed by atoms with van der Waals surface area (Å²) in [6, 6.07) is 10.6. The molecule has 3 heterocycles. The van der Waals surface area contributed by atoms with E-state index in [1.807, 2.05) is 17.9 Å². The van der Waals surface area contributed by atoms with Crippen molar-refractivity contribution in [2.24, 2.45) is 5.92 Å². The molecule has 0 radical (unpaired) electrons. The third kappa shape index (κ3) is 4.39. The fourth-order valence-corrected chi connectivity index (χ4v) is 5.35. The number of carbonyl (C=O) groups excluding carboxylic acids is 1. The van der Waals surface area contributed by atoms with Crippen molar-refractivity contribution < 1.29 is 14.3 Å². The molecule has 0 spiro atoms. The zero-order valence-corrected chi connectivity index (χ0v) is 18.9. The van der Waals surface area contributed by atoms with Gasteiger partial charge in [0.15, 0.2) is 0 Å². The van der Waals surface area contributed by atoms with Crippen LogP contribution in [-0.2, 0) is 20.8 Å². The summed E-state index contributed by atoms with van der Waals surface area (Å²) in [7, 11) is 0. The minimum atomic E-state index is 0.0458. The van der Waals surface area contributed by atoms with Gasteiger partial charge in [0.25, 0.3) is 0 Å². The number of pyridine rings is 1. The minimum Gasteiger partial charge on any atom is -0.381 e. The molecular formula is C26H33N3O3. The Bertz CT molecular complexity index is 949. The summed E-state index contributed by atoms with van der Waals surface area (Å²) in [4.78, 5) is 20.4. The molecule has 170 valence electrons. The zero-order valence-electron chi connectivity index (χ0n) is 18.9. The largest absolute Gasteiger partial charge is 0.381 e. The Hall–Kier alpha value is -2.44. The minimum absolute atomic E-state index is 0.0458. The molecule has 1 aromatic carbocycles. The Kier molecular flexibility index (Phi) is 6.42. The van der Waals surface area contributed by atoms with E-state index in [4.69, 9.17) is 9.47 Å². The topological polar surface area (TPSA) is 63.7 Å². The second kappa shape index (κ2) is 9.59. The number of nitrogens with one attached hydrogen (secondary N) is 1. The van der Waals surface area contributed by atoms with Gasteiger partial charge in [0.05, 0.1) is 24.0 Å². The highest BCUT2D eigenvalue weighted by molar-refractivity contribution is 5.99. The van der Waals surface area contributed by atoms with Gasteiger partial charge in [0.2, 0.25) is 5.91 Å². The summed E-state index contributed by atoms with van der Waals surface area (Å²) in [5, 5.41) is 3.50. The van der Waals surface area contributed by atoms with Crippen LogP contribution in [0.2, 0.25) is 0 Å². The number of rotatable bonds is 4. The third-order valence-corrected chi connectivity index (χ3v) is 7.17. The fraction of sp³-hybridized carbons (Fsp3) is 0.538. The highest BCUT2D eigenvalue weighted by Crippen LogP contribution is 2.40. The van der Waals surface area contributed by atoms with Crippen LogP contribution in [0.1, 0.15) is 62.5 Å². The third-order valence-electron chi connectivity index (χ3n) is 7.17. The molecule has 6 nitrogen and oxygen atoms in total. The van der Waals surface area contributed by atoms with Crippen LogP contribution < -0.4 is 10.2 Å². The first-order valence-electron chi connectivity index (χ1n) is 12.1. The van der Waals surface area contributed by atoms with E-state index in [1.165, 1.54) is 5.56 Å². The van der Waals surface area contributed by atoms with Crippen LogP contribution in [0.5, 0.6) is 0 Å². The van der Waals surface area contributed by atoms with Crippen molar-refractivity contribution in [1.82, 2.24) is 4.98 Å². The molecule has 32 heavy (non-hydrogen) atoms. The average molecular weight is 436 g/mol. The fourth-order valence-electron chi connectivity index (χ4n) is 5.35. The van der Waals surface area contributed by atoms with Gasteiger partial charge in [-0.25, -0.2) is 4.98 Å². The predicted octanol–water partition coefficient (Wildman–Crippen LogP) is 5.16. The molecule has 1 aromatic heterocycles. The van der Waals surface area contributed by atoms with E-state index in [-0.39, 0.29) is 11.8 Å². The lowest BCUT2D eigenvalue weighted by atomic mass is 9.86. The standard InChI is InChI=1S/C26H33N3O3/c1-2-32-22-8-5-19(6-9-22)26(30)29-17-21-4-3-13-27-25(21)28-23-10-7-20(16-24(23)29)18-11-14-31-15-12-18/h3-4,7,10,13,16,18-19,22H,2,5-6,8-9,11-12,14-15,17H2,1H3,(H,27,28). The van der Waals surface area contributed by atoms with Gasteiger partial charge >= 0.3 is 0 Å². The molecule has 2 aliphatic heterocycles. The maximum atomic E-state index is 13.8. The Balaban J connectivity index is 1.46. The number of benzene rings is 1. The van der Waals surface area contributed by atoms with Crippen LogP contribution in [0, 0.1) is 5.92 Å². The first-order chi connectivity index (χ1) is 15.7. The molecule has 0 unspecified atom stereocenters.